The van der Waals surface area contributed by atoms with Crippen molar-refractivity contribution in [1.82, 2.24) is 15.5 Å². The van der Waals surface area contributed by atoms with E-state index < -0.39 is 41.8 Å². The van der Waals surface area contributed by atoms with Crippen LogP contribution in [-0.2, 0) is 25.6 Å². The molecular weight excluding hydrogens is 464 g/mol. The van der Waals surface area contributed by atoms with Gasteiger partial charge in [0.25, 0.3) is 0 Å². The van der Waals surface area contributed by atoms with Crippen LogP contribution in [0.25, 0.3) is 0 Å². The summed E-state index contributed by atoms with van der Waals surface area (Å²) in [4.78, 5) is 51.2. The number of hydrogen-bond acceptors (Lipinski definition) is 7. The van der Waals surface area contributed by atoms with Gasteiger partial charge in [0, 0.05) is 18.2 Å². The number of rotatable bonds is 14. The van der Waals surface area contributed by atoms with Gasteiger partial charge in [-0.25, -0.2) is 4.79 Å². The lowest BCUT2D eigenvalue weighted by Crippen LogP contribution is -2.56. The molecule has 0 saturated carbocycles. The van der Waals surface area contributed by atoms with Gasteiger partial charge in [0.2, 0.25) is 17.7 Å². The Morgan fingerprint density at radius 1 is 1.12 bits per heavy atom. The monoisotopic (exact) mass is 498 g/mol. The van der Waals surface area contributed by atoms with E-state index in [2.05, 4.69) is 23.3 Å². The summed E-state index contributed by atoms with van der Waals surface area (Å²) in [6.07, 6.45) is 2.27. The molecule has 0 aliphatic heterocycles. The summed E-state index contributed by atoms with van der Waals surface area (Å²) in [5.74, 6) is -2.01. The van der Waals surface area contributed by atoms with Crippen LogP contribution in [0.4, 0.5) is 0 Å². The van der Waals surface area contributed by atoms with E-state index in [1.807, 2.05) is 36.6 Å². The number of carbonyl (C=O) groups excluding carboxylic acids is 3. The van der Waals surface area contributed by atoms with E-state index in [0.29, 0.717) is 5.75 Å². The molecule has 33 heavy (non-hydrogen) atoms. The van der Waals surface area contributed by atoms with Crippen LogP contribution in [0.5, 0.6) is 0 Å². The first-order chi connectivity index (χ1) is 15.6. The fraction of sp³-hybridized carbons (Fsp3) is 0.545. The van der Waals surface area contributed by atoms with Crippen LogP contribution in [0.2, 0.25) is 0 Å². The fourth-order valence-corrected chi connectivity index (χ4v) is 3.65. The molecule has 0 saturated heterocycles. The Kier molecular flexibility index (Phi) is 12.9. The van der Waals surface area contributed by atoms with Gasteiger partial charge in [0.05, 0.1) is 12.6 Å². The summed E-state index contributed by atoms with van der Waals surface area (Å²) in [7, 11) is 0. The van der Waals surface area contributed by atoms with Gasteiger partial charge in [-0.05, 0) is 37.8 Å². The standard InChI is InChI=1S/C22H34N4O5S2/c1-14(2)26(21(29)16(23)13-32)12-19(27)24-18(11-15-7-5-4-6-8-15)20(28)25-17(22(30)31)9-10-33-3/h4-8,14,16-18,32H,9-13,23H2,1-3H3,(H,24,27)(H,25,28)(H,30,31)/t16-,17-,18-/m0/s1. The number of thioether (sulfide) groups is 1. The zero-order valence-electron chi connectivity index (χ0n) is 19.2. The zero-order chi connectivity index (χ0) is 25.0. The average Bonchev–Trinajstić information content (AvgIpc) is 2.78. The Morgan fingerprint density at radius 3 is 2.27 bits per heavy atom. The average molecular weight is 499 g/mol. The summed E-state index contributed by atoms with van der Waals surface area (Å²) < 4.78 is 0. The number of nitrogens with zero attached hydrogens (tertiary/aromatic N) is 1. The third-order valence-corrected chi connectivity index (χ3v) is 5.93. The summed E-state index contributed by atoms with van der Waals surface area (Å²) in [5.41, 5.74) is 6.58. The highest BCUT2D eigenvalue weighted by Gasteiger charge is 2.29. The number of aliphatic carboxylic acids is 1. The predicted octanol–water partition coefficient (Wildman–Crippen LogP) is 0.531. The Hall–Kier alpha value is -2.24. The molecule has 0 bridgehead atoms. The molecule has 1 rings (SSSR count). The van der Waals surface area contributed by atoms with Gasteiger partial charge in [-0.3, -0.25) is 14.4 Å². The van der Waals surface area contributed by atoms with Gasteiger partial charge in [0.15, 0.2) is 0 Å². The molecule has 0 unspecified atom stereocenters. The molecule has 3 amide bonds. The third kappa shape index (κ3) is 10.1. The van der Waals surface area contributed by atoms with Crippen molar-refractivity contribution in [2.24, 2.45) is 5.73 Å². The molecule has 1 aromatic carbocycles. The van der Waals surface area contributed by atoms with Crippen molar-refractivity contribution in [2.45, 2.75) is 50.9 Å². The largest absolute Gasteiger partial charge is 0.480 e. The lowest BCUT2D eigenvalue weighted by molar-refractivity contribution is -0.142. The van der Waals surface area contributed by atoms with Gasteiger partial charge in [0.1, 0.15) is 12.1 Å². The number of nitrogens with two attached hydrogens (primary N) is 1. The molecule has 0 spiro atoms. The Morgan fingerprint density at radius 2 is 1.76 bits per heavy atom. The van der Waals surface area contributed by atoms with Crippen molar-refractivity contribution >= 4 is 48.1 Å². The molecule has 3 atom stereocenters. The second kappa shape index (κ2) is 14.8. The number of benzene rings is 1. The molecule has 0 aliphatic carbocycles. The first-order valence-corrected chi connectivity index (χ1v) is 12.7. The first kappa shape index (κ1) is 28.8. The molecule has 0 aromatic heterocycles. The van der Waals surface area contributed by atoms with E-state index in [1.165, 1.54) is 16.7 Å². The van der Waals surface area contributed by atoms with Crippen LogP contribution in [0.15, 0.2) is 30.3 Å². The highest BCUT2D eigenvalue weighted by atomic mass is 32.2. The number of nitrogens with one attached hydrogen (secondary N) is 2. The van der Waals surface area contributed by atoms with Crippen LogP contribution >= 0.6 is 24.4 Å². The maximum atomic E-state index is 13.0. The summed E-state index contributed by atoms with van der Waals surface area (Å²) in [5, 5.41) is 14.6. The number of amides is 3. The summed E-state index contributed by atoms with van der Waals surface area (Å²) in [6, 6.07) is 5.84. The van der Waals surface area contributed by atoms with E-state index in [-0.39, 0.29) is 31.2 Å². The quantitative estimate of drug-likeness (QED) is 0.236. The van der Waals surface area contributed by atoms with Crippen LogP contribution in [0.1, 0.15) is 25.8 Å². The zero-order valence-corrected chi connectivity index (χ0v) is 20.9. The SMILES string of the molecule is CSCC[C@H](NC(=O)[C@H](Cc1ccccc1)NC(=O)CN(C(=O)[C@@H](N)CS)C(C)C)C(=O)O. The normalized spacial score (nSPS) is 13.6. The number of carboxylic acid groups (broad SMARTS) is 1. The van der Waals surface area contributed by atoms with E-state index in [4.69, 9.17) is 5.73 Å². The number of carboxylic acids is 1. The van der Waals surface area contributed by atoms with Gasteiger partial charge in [-0.2, -0.15) is 24.4 Å². The maximum absolute atomic E-state index is 13.0. The van der Waals surface area contributed by atoms with Gasteiger partial charge < -0.3 is 26.4 Å². The van der Waals surface area contributed by atoms with Crippen molar-refractivity contribution in [2.75, 3.05) is 24.3 Å². The Labute approximate surface area is 204 Å². The molecule has 11 heteroatoms. The fourth-order valence-electron chi connectivity index (χ4n) is 3.03. The highest BCUT2D eigenvalue weighted by molar-refractivity contribution is 7.98. The first-order valence-electron chi connectivity index (χ1n) is 10.6. The van der Waals surface area contributed by atoms with Crippen molar-refractivity contribution in [3.05, 3.63) is 35.9 Å². The van der Waals surface area contributed by atoms with Crippen molar-refractivity contribution in [3.63, 3.8) is 0 Å². The molecule has 0 fully saturated rings. The van der Waals surface area contributed by atoms with E-state index in [1.54, 1.807) is 13.8 Å². The van der Waals surface area contributed by atoms with Gasteiger partial charge >= 0.3 is 5.97 Å². The second-order valence-corrected chi connectivity index (χ2v) is 9.19. The van der Waals surface area contributed by atoms with E-state index >= 15 is 0 Å². The lowest BCUT2D eigenvalue weighted by atomic mass is 10.0. The lowest BCUT2D eigenvalue weighted by Gasteiger charge is -2.29. The molecule has 1 aromatic rings. The van der Waals surface area contributed by atoms with Crippen LogP contribution in [0, 0.1) is 0 Å². The third-order valence-electron chi connectivity index (χ3n) is 4.89. The minimum Gasteiger partial charge on any atom is -0.480 e. The smallest absolute Gasteiger partial charge is 0.326 e. The Balaban J connectivity index is 3.01. The summed E-state index contributed by atoms with van der Waals surface area (Å²) >= 11 is 5.52. The predicted molar refractivity (Wildman–Crippen MR) is 133 cm³/mol. The number of carbonyl (C=O) groups is 4. The maximum Gasteiger partial charge on any atom is 0.326 e. The second-order valence-electron chi connectivity index (χ2n) is 7.84. The summed E-state index contributed by atoms with van der Waals surface area (Å²) in [6.45, 7) is 3.23. The van der Waals surface area contributed by atoms with Crippen molar-refractivity contribution < 1.29 is 24.3 Å². The molecular formula is C22H34N4O5S2. The van der Waals surface area contributed by atoms with Crippen LogP contribution in [-0.4, -0.2) is 82.2 Å². The molecule has 0 heterocycles. The minimum atomic E-state index is -1.14. The van der Waals surface area contributed by atoms with Crippen molar-refractivity contribution in [3.8, 4) is 0 Å². The van der Waals surface area contributed by atoms with E-state index in [9.17, 15) is 24.3 Å². The molecule has 0 radical (unpaired) electrons. The topological polar surface area (TPSA) is 142 Å². The van der Waals surface area contributed by atoms with Crippen molar-refractivity contribution in [1.29, 1.82) is 0 Å². The molecule has 5 N–H and O–H groups in total. The van der Waals surface area contributed by atoms with Crippen LogP contribution < -0.4 is 16.4 Å². The minimum absolute atomic E-state index is 0.134. The van der Waals surface area contributed by atoms with Gasteiger partial charge in [-0.15, -0.1) is 0 Å². The van der Waals surface area contributed by atoms with Gasteiger partial charge in [-0.1, -0.05) is 30.3 Å². The Bertz CT molecular complexity index is 794. The molecule has 0 aliphatic rings. The van der Waals surface area contributed by atoms with Crippen LogP contribution in [0.3, 0.4) is 0 Å². The highest BCUT2D eigenvalue weighted by Crippen LogP contribution is 2.07. The van der Waals surface area contributed by atoms with E-state index in [0.717, 1.165) is 5.56 Å². The number of hydrogen-bond donors (Lipinski definition) is 5. The number of thiol groups is 1. The molecule has 9 nitrogen and oxygen atoms in total. The molecule has 184 valence electrons.